The van der Waals surface area contributed by atoms with E-state index in [1.165, 1.54) is 5.56 Å². The standard InChI is InChI=1S/C14H19N3O/c1-5-13-9(2)16-17(10(13)3)14-8-12(11(4)18)6-7-15-14/h6-8,11,18H,5H2,1-4H3. The number of rotatable bonds is 3. The molecule has 96 valence electrons. The van der Waals surface area contributed by atoms with Crippen LogP contribution in [0.4, 0.5) is 0 Å². The molecule has 0 saturated heterocycles. The summed E-state index contributed by atoms with van der Waals surface area (Å²) < 4.78 is 1.85. The topological polar surface area (TPSA) is 50.9 Å². The summed E-state index contributed by atoms with van der Waals surface area (Å²) >= 11 is 0. The van der Waals surface area contributed by atoms with Crippen LogP contribution in [-0.4, -0.2) is 19.9 Å². The van der Waals surface area contributed by atoms with Crippen LogP contribution in [0.25, 0.3) is 5.82 Å². The van der Waals surface area contributed by atoms with Crippen molar-refractivity contribution in [2.75, 3.05) is 0 Å². The van der Waals surface area contributed by atoms with E-state index < -0.39 is 6.10 Å². The van der Waals surface area contributed by atoms with Crippen LogP contribution < -0.4 is 0 Å². The predicted molar refractivity (Wildman–Crippen MR) is 70.8 cm³/mol. The van der Waals surface area contributed by atoms with Crippen LogP contribution in [0.1, 0.15) is 42.5 Å². The second-order valence-corrected chi connectivity index (χ2v) is 4.54. The summed E-state index contributed by atoms with van der Waals surface area (Å²) in [6.45, 7) is 7.94. The van der Waals surface area contributed by atoms with Gasteiger partial charge < -0.3 is 5.11 Å². The van der Waals surface area contributed by atoms with Crippen molar-refractivity contribution in [1.82, 2.24) is 14.8 Å². The lowest BCUT2D eigenvalue weighted by Gasteiger charge is -2.08. The summed E-state index contributed by atoms with van der Waals surface area (Å²) in [5.41, 5.74) is 4.27. The Hall–Kier alpha value is -1.68. The normalized spacial score (nSPS) is 12.7. The zero-order valence-corrected chi connectivity index (χ0v) is 11.3. The molecule has 0 fully saturated rings. The fourth-order valence-electron chi connectivity index (χ4n) is 2.22. The molecule has 2 heterocycles. The number of hydrogen-bond donors (Lipinski definition) is 1. The maximum Gasteiger partial charge on any atom is 0.153 e. The number of aliphatic hydroxyl groups is 1. The molecule has 1 unspecified atom stereocenters. The number of aromatic nitrogens is 3. The SMILES string of the molecule is CCc1c(C)nn(-c2cc(C(C)O)ccn2)c1C. The molecule has 0 aliphatic rings. The van der Waals surface area contributed by atoms with E-state index in [9.17, 15) is 5.11 Å². The van der Waals surface area contributed by atoms with Gasteiger partial charge in [-0.25, -0.2) is 9.67 Å². The summed E-state index contributed by atoms with van der Waals surface area (Å²) in [6, 6.07) is 3.70. The molecule has 2 aromatic heterocycles. The molecular formula is C14H19N3O. The average Bonchev–Trinajstić information content (AvgIpc) is 2.64. The van der Waals surface area contributed by atoms with Gasteiger partial charge in [0, 0.05) is 11.9 Å². The van der Waals surface area contributed by atoms with Crippen molar-refractivity contribution < 1.29 is 5.11 Å². The van der Waals surface area contributed by atoms with Gasteiger partial charge in [-0.1, -0.05) is 6.92 Å². The lowest BCUT2D eigenvalue weighted by molar-refractivity contribution is 0.199. The molecule has 18 heavy (non-hydrogen) atoms. The van der Waals surface area contributed by atoms with Gasteiger partial charge in [-0.05, 0) is 50.5 Å². The van der Waals surface area contributed by atoms with E-state index in [4.69, 9.17) is 0 Å². The molecule has 0 aliphatic heterocycles. The minimum absolute atomic E-state index is 0.491. The molecule has 4 nitrogen and oxygen atoms in total. The molecule has 4 heteroatoms. The third-order valence-corrected chi connectivity index (χ3v) is 3.26. The Balaban J connectivity index is 2.52. The van der Waals surface area contributed by atoms with Crippen LogP contribution in [0.5, 0.6) is 0 Å². The van der Waals surface area contributed by atoms with Crippen LogP contribution in [0.15, 0.2) is 18.3 Å². The average molecular weight is 245 g/mol. The lowest BCUT2D eigenvalue weighted by atomic mass is 10.1. The van der Waals surface area contributed by atoms with Gasteiger partial charge in [-0.2, -0.15) is 5.10 Å². The molecule has 2 aromatic rings. The van der Waals surface area contributed by atoms with Gasteiger partial charge in [0.15, 0.2) is 5.82 Å². The smallest absolute Gasteiger partial charge is 0.153 e. The summed E-state index contributed by atoms with van der Waals surface area (Å²) in [6.07, 6.45) is 2.18. The molecule has 1 atom stereocenters. The van der Waals surface area contributed by atoms with Crippen molar-refractivity contribution in [3.63, 3.8) is 0 Å². The maximum absolute atomic E-state index is 9.61. The van der Waals surface area contributed by atoms with E-state index in [1.54, 1.807) is 13.1 Å². The van der Waals surface area contributed by atoms with Crippen molar-refractivity contribution >= 4 is 0 Å². The fraction of sp³-hybridized carbons (Fsp3) is 0.429. The number of pyridine rings is 1. The van der Waals surface area contributed by atoms with Crippen LogP contribution in [0.3, 0.4) is 0 Å². The van der Waals surface area contributed by atoms with E-state index in [-0.39, 0.29) is 0 Å². The molecule has 0 bridgehead atoms. The zero-order valence-electron chi connectivity index (χ0n) is 11.3. The molecule has 0 amide bonds. The van der Waals surface area contributed by atoms with E-state index >= 15 is 0 Å². The van der Waals surface area contributed by atoms with Crippen molar-refractivity contribution in [2.24, 2.45) is 0 Å². The van der Waals surface area contributed by atoms with Crippen LogP contribution in [0, 0.1) is 13.8 Å². The number of aliphatic hydroxyl groups excluding tert-OH is 1. The van der Waals surface area contributed by atoms with Crippen molar-refractivity contribution in [1.29, 1.82) is 0 Å². The van der Waals surface area contributed by atoms with Gasteiger partial charge in [0.25, 0.3) is 0 Å². The first-order chi connectivity index (χ1) is 8.54. The number of aryl methyl sites for hydroxylation is 1. The molecule has 0 radical (unpaired) electrons. The summed E-state index contributed by atoms with van der Waals surface area (Å²) in [7, 11) is 0. The van der Waals surface area contributed by atoms with Gasteiger partial charge in [0.1, 0.15) is 0 Å². The van der Waals surface area contributed by atoms with Crippen LogP contribution >= 0.6 is 0 Å². The van der Waals surface area contributed by atoms with E-state index in [0.717, 1.165) is 29.2 Å². The fourth-order valence-corrected chi connectivity index (χ4v) is 2.22. The Morgan fingerprint density at radius 2 is 2.11 bits per heavy atom. The van der Waals surface area contributed by atoms with E-state index in [2.05, 4.69) is 23.9 Å². The van der Waals surface area contributed by atoms with Crippen LogP contribution in [-0.2, 0) is 6.42 Å². The van der Waals surface area contributed by atoms with E-state index in [0.29, 0.717) is 0 Å². The van der Waals surface area contributed by atoms with Crippen molar-refractivity contribution in [3.8, 4) is 5.82 Å². The summed E-state index contributed by atoms with van der Waals surface area (Å²) in [5, 5.41) is 14.1. The zero-order chi connectivity index (χ0) is 13.3. The first-order valence-electron chi connectivity index (χ1n) is 6.24. The largest absolute Gasteiger partial charge is 0.389 e. The Morgan fingerprint density at radius 1 is 1.39 bits per heavy atom. The summed E-state index contributed by atoms with van der Waals surface area (Å²) in [4.78, 5) is 4.33. The molecule has 1 N–H and O–H groups in total. The Morgan fingerprint density at radius 3 is 2.67 bits per heavy atom. The van der Waals surface area contributed by atoms with Gasteiger partial charge in [-0.3, -0.25) is 0 Å². The Bertz CT molecular complexity index is 558. The Kier molecular flexibility index (Phi) is 3.48. The first kappa shape index (κ1) is 12.8. The maximum atomic E-state index is 9.61. The molecule has 0 spiro atoms. The number of nitrogens with zero attached hydrogens (tertiary/aromatic N) is 3. The van der Waals surface area contributed by atoms with Gasteiger partial charge in [0.2, 0.25) is 0 Å². The highest BCUT2D eigenvalue weighted by atomic mass is 16.3. The first-order valence-corrected chi connectivity index (χ1v) is 6.24. The van der Waals surface area contributed by atoms with Gasteiger partial charge in [0.05, 0.1) is 11.8 Å². The van der Waals surface area contributed by atoms with Crippen molar-refractivity contribution in [3.05, 3.63) is 40.8 Å². The highest BCUT2D eigenvalue weighted by Crippen LogP contribution is 2.19. The van der Waals surface area contributed by atoms with E-state index in [1.807, 2.05) is 23.7 Å². The third kappa shape index (κ3) is 2.16. The van der Waals surface area contributed by atoms with Crippen LogP contribution in [0.2, 0.25) is 0 Å². The summed E-state index contributed by atoms with van der Waals surface area (Å²) in [5.74, 6) is 0.758. The van der Waals surface area contributed by atoms with Gasteiger partial charge >= 0.3 is 0 Å². The minimum atomic E-state index is -0.491. The third-order valence-electron chi connectivity index (χ3n) is 3.26. The lowest BCUT2D eigenvalue weighted by Crippen LogP contribution is -2.04. The highest BCUT2D eigenvalue weighted by Gasteiger charge is 2.12. The Labute approximate surface area is 107 Å². The molecule has 0 saturated carbocycles. The van der Waals surface area contributed by atoms with Gasteiger partial charge in [-0.15, -0.1) is 0 Å². The minimum Gasteiger partial charge on any atom is -0.389 e. The highest BCUT2D eigenvalue weighted by molar-refractivity contribution is 5.34. The molecule has 0 aromatic carbocycles. The second-order valence-electron chi connectivity index (χ2n) is 4.54. The quantitative estimate of drug-likeness (QED) is 0.904. The monoisotopic (exact) mass is 245 g/mol. The molecule has 0 aliphatic carbocycles. The predicted octanol–water partition coefficient (Wildman–Crippen LogP) is 2.50. The molecule has 2 rings (SSSR count). The van der Waals surface area contributed by atoms with Crippen molar-refractivity contribution in [2.45, 2.75) is 40.2 Å². The number of hydrogen-bond acceptors (Lipinski definition) is 3. The second kappa shape index (κ2) is 4.90. The molecular weight excluding hydrogens is 226 g/mol.